The molecule has 0 saturated carbocycles. The van der Waals surface area contributed by atoms with Crippen molar-refractivity contribution in [1.82, 2.24) is 19.7 Å². The predicted molar refractivity (Wildman–Crippen MR) is 97.7 cm³/mol. The van der Waals surface area contributed by atoms with E-state index in [0.29, 0.717) is 6.54 Å². The molecule has 1 aromatic carbocycles. The number of halogens is 1. The van der Waals surface area contributed by atoms with Gasteiger partial charge in [0.2, 0.25) is 0 Å². The lowest BCUT2D eigenvalue weighted by molar-refractivity contribution is 0.242. The van der Waals surface area contributed by atoms with E-state index < -0.39 is 0 Å². The van der Waals surface area contributed by atoms with Gasteiger partial charge in [-0.25, -0.2) is 4.68 Å². The number of pyridine rings is 1. The van der Waals surface area contributed by atoms with E-state index >= 15 is 0 Å². The minimum absolute atomic E-state index is 0.0845. The van der Waals surface area contributed by atoms with Crippen LogP contribution in [0.15, 0.2) is 53.6 Å². The molecule has 4 rings (SSSR count). The molecular weight excluding hydrogens is 336 g/mol. The Kier molecular flexibility index (Phi) is 4.42. The summed E-state index contributed by atoms with van der Waals surface area (Å²) in [4.78, 5) is 19.0. The lowest BCUT2D eigenvalue weighted by Gasteiger charge is -2.26. The Bertz CT molecular complexity index is 932. The molecule has 0 unspecified atom stereocenters. The topological polar surface area (TPSA) is 53.9 Å². The minimum Gasteiger partial charge on any atom is -0.298 e. The molecule has 3 heterocycles. The maximum Gasteiger partial charge on any atom is 0.270 e. The number of aromatic nitrogens is 3. The monoisotopic (exact) mass is 354 g/mol. The van der Waals surface area contributed by atoms with Crippen molar-refractivity contribution >= 4 is 11.6 Å². The van der Waals surface area contributed by atoms with Gasteiger partial charge in [-0.3, -0.25) is 19.8 Å². The Labute approximate surface area is 150 Å². The van der Waals surface area contributed by atoms with Gasteiger partial charge in [0, 0.05) is 42.6 Å². The number of aromatic amines is 1. The van der Waals surface area contributed by atoms with Crippen molar-refractivity contribution in [1.29, 1.82) is 0 Å². The van der Waals surface area contributed by atoms with Crippen LogP contribution < -0.4 is 5.56 Å². The molecule has 0 aliphatic carbocycles. The number of rotatable bonds is 4. The zero-order valence-electron chi connectivity index (χ0n) is 13.8. The molecule has 0 fully saturated rings. The summed E-state index contributed by atoms with van der Waals surface area (Å²) in [6.45, 7) is 2.97. The first kappa shape index (κ1) is 16.1. The van der Waals surface area contributed by atoms with E-state index in [2.05, 4.69) is 21.0 Å². The first-order valence-electron chi connectivity index (χ1n) is 8.35. The highest BCUT2D eigenvalue weighted by Crippen LogP contribution is 2.18. The van der Waals surface area contributed by atoms with Crippen LogP contribution in [0.4, 0.5) is 0 Å². The molecular formula is C19H19ClN4O. The molecule has 0 saturated heterocycles. The lowest BCUT2D eigenvalue weighted by atomic mass is 10.1. The Morgan fingerprint density at radius 3 is 2.84 bits per heavy atom. The van der Waals surface area contributed by atoms with Gasteiger partial charge in [0.1, 0.15) is 0 Å². The summed E-state index contributed by atoms with van der Waals surface area (Å²) in [5.74, 6) is 0. The molecule has 0 radical (unpaired) electrons. The van der Waals surface area contributed by atoms with Crippen LogP contribution in [0.3, 0.4) is 0 Å². The highest BCUT2D eigenvalue weighted by molar-refractivity contribution is 6.30. The third kappa shape index (κ3) is 3.52. The highest BCUT2D eigenvalue weighted by atomic mass is 35.5. The summed E-state index contributed by atoms with van der Waals surface area (Å²) < 4.78 is 1.69. The fourth-order valence-corrected chi connectivity index (χ4v) is 3.56. The molecule has 6 heteroatoms. The summed E-state index contributed by atoms with van der Waals surface area (Å²) in [5.41, 5.74) is 4.21. The highest BCUT2D eigenvalue weighted by Gasteiger charge is 2.22. The Balaban J connectivity index is 1.51. The molecule has 0 bridgehead atoms. The van der Waals surface area contributed by atoms with Crippen LogP contribution in [-0.2, 0) is 26.1 Å². The van der Waals surface area contributed by atoms with E-state index in [1.807, 2.05) is 30.3 Å². The first-order chi connectivity index (χ1) is 12.2. The van der Waals surface area contributed by atoms with Crippen molar-refractivity contribution in [2.75, 3.05) is 6.54 Å². The van der Waals surface area contributed by atoms with Crippen LogP contribution in [0.5, 0.6) is 0 Å². The molecule has 0 atom stereocenters. The van der Waals surface area contributed by atoms with Crippen LogP contribution in [0.1, 0.15) is 22.4 Å². The number of hydrogen-bond donors (Lipinski definition) is 1. The summed E-state index contributed by atoms with van der Waals surface area (Å²) in [5, 5.41) is 4.04. The molecule has 0 spiro atoms. The van der Waals surface area contributed by atoms with Gasteiger partial charge in [0.25, 0.3) is 5.56 Å². The average molecular weight is 355 g/mol. The molecule has 1 N–H and O–H groups in total. The Morgan fingerprint density at radius 2 is 2.04 bits per heavy atom. The minimum atomic E-state index is 0.0845. The van der Waals surface area contributed by atoms with Gasteiger partial charge in [0.15, 0.2) is 0 Å². The molecule has 128 valence electrons. The van der Waals surface area contributed by atoms with Crippen molar-refractivity contribution < 1.29 is 0 Å². The largest absolute Gasteiger partial charge is 0.298 e. The van der Waals surface area contributed by atoms with E-state index in [0.717, 1.165) is 47.9 Å². The molecule has 3 aromatic rings. The van der Waals surface area contributed by atoms with E-state index in [1.54, 1.807) is 17.1 Å². The van der Waals surface area contributed by atoms with E-state index in [9.17, 15) is 4.79 Å². The Morgan fingerprint density at radius 1 is 1.16 bits per heavy atom. The summed E-state index contributed by atoms with van der Waals surface area (Å²) in [7, 11) is 0. The van der Waals surface area contributed by atoms with Crippen LogP contribution in [0.2, 0.25) is 5.02 Å². The molecule has 5 nitrogen and oxygen atoms in total. The second kappa shape index (κ2) is 6.86. The quantitative estimate of drug-likeness (QED) is 0.783. The third-order valence-electron chi connectivity index (χ3n) is 4.56. The van der Waals surface area contributed by atoms with Crippen LogP contribution in [-0.4, -0.2) is 26.2 Å². The number of fused-ring (bicyclic) bond motifs is 1. The fourth-order valence-electron chi connectivity index (χ4n) is 3.35. The maximum absolute atomic E-state index is 12.6. The van der Waals surface area contributed by atoms with Crippen LogP contribution >= 0.6 is 11.6 Å². The fraction of sp³-hybridized carbons (Fsp3) is 0.263. The third-order valence-corrected chi connectivity index (χ3v) is 4.79. The number of H-pyrrole nitrogens is 1. The lowest BCUT2D eigenvalue weighted by Crippen LogP contribution is -2.31. The smallest absolute Gasteiger partial charge is 0.270 e. The summed E-state index contributed by atoms with van der Waals surface area (Å²) >= 11 is 6.07. The summed E-state index contributed by atoms with van der Waals surface area (Å²) in [6, 6.07) is 11.8. The maximum atomic E-state index is 12.6. The standard InChI is InChI=1S/C19H19ClN4O/c20-16-5-1-3-14(9-16)11-23-8-6-17-18(13-23)22-24(19(17)25)12-15-4-2-7-21-10-15/h1-5,7,9-10,22H,6,8,11-13H2. The summed E-state index contributed by atoms with van der Waals surface area (Å²) in [6.07, 6.45) is 4.29. The predicted octanol–water partition coefficient (Wildman–Crippen LogP) is 2.83. The van der Waals surface area contributed by atoms with E-state index in [4.69, 9.17) is 11.6 Å². The number of benzene rings is 1. The first-order valence-corrected chi connectivity index (χ1v) is 8.73. The molecule has 25 heavy (non-hydrogen) atoms. The second-order valence-electron chi connectivity index (χ2n) is 6.41. The van der Waals surface area contributed by atoms with Crippen molar-refractivity contribution in [3.63, 3.8) is 0 Å². The molecule has 2 aromatic heterocycles. The van der Waals surface area contributed by atoms with Crippen LogP contribution in [0, 0.1) is 0 Å². The molecule has 1 aliphatic heterocycles. The second-order valence-corrected chi connectivity index (χ2v) is 6.85. The molecule has 1 aliphatic rings. The van der Waals surface area contributed by atoms with Gasteiger partial charge in [-0.1, -0.05) is 29.8 Å². The van der Waals surface area contributed by atoms with Crippen LogP contribution in [0.25, 0.3) is 0 Å². The van der Waals surface area contributed by atoms with Gasteiger partial charge < -0.3 is 0 Å². The van der Waals surface area contributed by atoms with Gasteiger partial charge in [0.05, 0.1) is 12.2 Å². The zero-order valence-corrected chi connectivity index (χ0v) is 14.5. The molecule has 0 amide bonds. The van der Waals surface area contributed by atoms with Crippen molar-refractivity contribution in [3.05, 3.63) is 86.6 Å². The van der Waals surface area contributed by atoms with E-state index in [1.165, 1.54) is 5.56 Å². The van der Waals surface area contributed by atoms with Crippen molar-refractivity contribution in [2.24, 2.45) is 0 Å². The van der Waals surface area contributed by atoms with Crippen molar-refractivity contribution in [2.45, 2.75) is 26.1 Å². The van der Waals surface area contributed by atoms with Gasteiger partial charge >= 0.3 is 0 Å². The normalized spacial score (nSPS) is 14.4. The Hall–Kier alpha value is -2.37. The van der Waals surface area contributed by atoms with Crippen molar-refractivity contribution in [3.8, 4) is 0 Å². The van der Waals surface area contributed by atoms with Gasteiger partial charge in [-0.05, 0) is 35.7 Å². The SMILES string of the molecule is O=c1c2c([nH]n1Cc1cccnc1)CN(Cc1cccc(Cl)c1)CC2. The van der Waals surface area contributed by atoms with Gasteiger partial charge in [-0.15, -0.1) is 0 Å². The average Bonchev–Trinajstić information content (AvgIpc) is 2.91. The number of nitrogens with one attached hydrogen (secondary N) is 1. The van der Waals surface area contributed by atoms with E-state index in [-0.39, 0.29) is 5.56 Å². The van der Waals surface area contributed by atoms with Gasteiger partial charge in [-0.2, -0.15) is 0 Å². The number of hydrogen-bond acceptors (Lipinski definition) is 3. The zero-order chi connectivity index (χ0) is 17.2. The number of nitrogens with zero attached hydrogens (tertiary/aromatic N) is 3.